The zero-order valence-electron chi connectivity index (χ0n) is 17.6. The van der Waals surface area contributed by atoms with Crippen LogP contribution in [0.2, 0.25) is 0 Å². The molecule has 1 N–H and O–H groups in total. The van der Waals surface area contributed by atoms with Crippen LogP contribution in [0.3, 0.4) is 0 Å². The first-order valence-electron chi connectivity index (χ1n) is 9.80. The number of ether oxygens (including phenoxy) is 1. The average molecular weight is 400 g/mol. The van der Waals surface area contributed by atoms with Crippen LogP contribution in [-0.2, 0) is 11.3 Å². The number of methoxy groups -OCH3 is 1. The second-order valence-corrected chi connectivity index (χ2v) is 7.40. The first-order chi connectivity index (χ1) is 14.5. The van der Waals surface area contributed by atoms with Gasteiger partial charge in [0.2, 0.25) is 5.91 Å². The molecule has 0 atom stereocenters. The predicted molar refractivity (Wildman–Crippen MR) is 119 cm³/mol. The van der Waals surface area contributed by atoms with Gasteiger partial charge in [-0.3, -0.25) is 4.79 Å². The molecule has 0 fully saturated rings. The molecule has 152 valence electrons. The highest BCUT2D eigenvalue weighted by molar-refractivity contribution is 5.96. The van der Waals surface area contributed by atoms with Gasteiger partial charge in [0.25, 0.3) is 0 Å². The van der Waals surface area contributed by atoms with Gasteiger partial charge in [-0.1, -0.05) is 29.8 Å². The molecular formula is C24H24N4O2. The van der Waals surface area contributed by atoms with Crippen molar-refractivity contribution in [2.24, 2.45) is 0 Å². The predicted octanol–water partition coefficient (Wildman–Crippen LogP) is 4.67. The van der Waals surface area contributed by atoms with Gasteiger partial charge in [-0.05, 0) is 61.7 Å². The number of carbonyl (C=O) groups is 1. The molecule has 0 aliphatic carbocycles. The van der Waals surface area contributed by atoms with E-state index in [-0.39, 0.29) is 12.5 Å². The van der Waals surface area contributed by atoms with Gasteiger partial charge < -0.3 is 10.1 Å². The molecule has 0 saturated heterocycles. The van der Waals surface area contributed by atoms with Crippen molar-refractivity contribution in [1.82, 2.24) is 14.8 Å². The Balaban J connectivity index is 1.64. The van der Waals surface area contributed by atoms with Crippen LogP contribution in [-0.4, -0.2) is 27.8 Å². The third kappa shape index (κ3) is 3.76. The number of anilines is 1. The molecule has 4 aromatic rings. The van der Waals surface area contributed by atoms with E-state index in [1.807, 2.05) is 69.3 Å². The second-order valence-electron chi connectivity index (χ2n) is 7.40. The Kier molecular flexibility index (Phi) is 5.23. The molecule has 2 heterocycles. The van der Waals surface area contributed by atoms with Crippen LogP contribution in [0, 0.1) is 20.8 Å². The number of carbonyl (C=O) groups excluding carboxylic acids is 1. The summed E-state index contributed by atoms with van der Waals surface area (Å²) in [5, 5.41) is 8.52. The third-order valence-electron chi connectivity index (χ3n) is 5.16. The Morgan fingerprint density at radius 3 is 2.53 bits per heavy atom. The van der Waals surface area contributed by atoms with Crippen molar-refractivity contribution in [3.05, 3.63) is 71.5 Å². The molecule has 1 amide bonds. The van der Waals surface area contributed by atoms with E-state index in [4.69, 9.17) is 4.74 Å². The Morgan fingerprint density at radius 2 is 1.83 bits per heavy atom. The van der Waals surface area contributed by atoms with Crippen LogP contribution in [0.1, 0.15) is 16.8 Å². The van der Waals surface area contributed by atoms with Gasteiger partial charge in [0.15, 0.2) is 5.65 Å². The number of nitrogens with zero attached hydrogens (tertiary/aromatic N) is 3. The molecule has 2 aromatic heterocycles. The van der Waals surface area contributed by atoms with Crippen molar-refractivity contribution in [2.45, 2.75) is 27.3 Å². The Bertz CT molecular complexity index is 1230. The standard InChI is InChI=1S/C24H24N4O2/c1-15-5-10-21(16(2)13-15)26-22(29)14-28-24-23(17(3)27-28)20(11-12-25-24)18-6-8-19(30-4)9-7-18/h5-13H,14H2,1-4H3,(H,26,29). The highest BCUT2D eigenvalue weighted by atomic mass is 16.5. The zero-order valence-corrected chi connectivity index (χ0v) is 17.6. The lowest BCUT2D eigenvalue weighted by Gasteiger charge is -2.10. The summed E-state index contributed by atoms with van der Waals surface area (Å²) in [6.07, 6.45) is 1.75. The van der Waals surface area contributed by atoms with Crippen molar-refractivity contribution in [3.8, 4) is 16.9 Å². The average Bonchev–Trinajstić information content (AvgIpc) is 3.06. The maximum atomic E-state index is 12.7. The summed E-state index contributed by atoms with van der Waals surface area (Å²) in [6, 6.07) is 15.8. The van der Waals surface area contributed by atoms with Crippen molar-refractivity contribution in [3.63, 3.8) is 0 Å². The molecule has 6 heteroatoms. The highest BCUT2D eigenvalue weighted by Gasteiger charge is 2.16. The summed E-state index contributed by atoms with van der Waals surface area (Å²) < 4.78 is 6.92. The van der Waals surface area contributed by atoms with Crippen molar-refractivity contribution in [1.29, 1.82) is 0 Å². The summed E-state index contributed by atoms with van der Waals surface area (Å²) in [5.74, 6) is 0.669. The van der Waals surface area contributed by atoms with Gasteiger partial charge in [-0.25, -0.2) is 9.67 Å². The number of rotatable bonds is 5. The first kappa shape index (κ1) is 19.6. The van der Waals surface area contributed by atoms with Crippen molar-refractivity contribution in [2.75, 3.05) is 12.4 Å². The largest absolute Gasteiger partial charge is 0.497 e. The quantitative estimate of drug-likeness (QED) is 0.528. The maximum absolute atomic E-state index is 12.7. The number of aryl methyl sites for hydroxylation is 3. The van der Waals surface area contributed by atoms with Crippen LogP contribution in [0.15, 0.2) is 54.7 Å². The van der Waals surface area contributed by atoms with E-state index in [1.54, 1.807) is 18.0 Å². The molecule has 0 radical (unpaired) electrons. The highest BCUT2D eigenvalue weighted by Crippen LogP contribution is 2.31. The Labute approximate surface area is 175 Å². The van der Waals surface area contributed by atoms with Gasteiger partial charge in [0.05, 0.1) is 12.8 Å². The molecule has 2 aromatic carbocycles. The van der Waals surface area contributed by atoms with Gasteiger partial charge in [0, 0.05) is 17.3 Å². The smallest absolute Gasteiger partial charge is 0.246 e. The van der Waals surface area contributed by atoms with Crippen LogP contribution in [0.4, 0.5) is 5.69 Å². The molecule has 30 heavy (non-hydrogen) atoms. The Hall–Kier alpha value is -3.67. The molecule has 6 nitrogen and oxygen atoms in total. The number of hydrogen-bond acceptors (Lipinski definition) is 4. The van der Waals surface area contributed by atoms with Gasteiger partial charge in [0.1, 0.15) is 12.3 Å². The van der Waals surface area contributed by atoms with E-state index in [0.29, 0.717) is 5.65 Å². The number of fused-ring (bicyclic) bond motifs is 1. The molecule has 0 unspecified atom stereocenters. The lowest BCUT2D eigenvalue weighted by Crippen LogP contribution is -2.20. The van der Waals surface area contributed by atoms with Crippen LogP contribution in [0.25, 0.3) is 22.2 Å². The Morgan fingerprint density at radius 1 is 1.07 bits per heavy atom. The number of pyridine rings is 1. The van der Waals surface area contributed by atoms with Crippen LogP contribution < -0.4 is 10.1 Å². The molecule has 0 aliphatic rings. The van der Waals surface area contributed by atoms with E-state index < -0.39 is 0 Å². The molecular weight excluding hydrogens is 376 g/mol. The van der Waals surface area contributed by atoms with Crippen molar-refractivity contribution >= 4 is 22.6 Å². The van der Waals surface area contributed by atoms with E-state index >= 15 is 0 Å². The number of amides is 1. The number of nitrogens with one attached hydrogen (secondary N) is 1. The number of aromatic nitrogens is 3. The van der Waals surface area contributed by atoms with Crippen LogP contribution >= 0.6 is 0 Å². The minimum absolute atomic E-state index is 0.0940. The van der Waals surface area contributed by atoms with Crippen molar-refractivity contribution < 1.29 is 9.53 Å². The fourth-order valence-electron chi connectivity index (χ4n) is 3.68. The van der Waals surface area contributed by atoms with E-state index in [1.165, 1.54) is 0 Å². The summed E-state index contributed by atoms with van der Waals surface area (Å²) in [5.41, 5.74) is 6.61. The van der Waals surface area contributed by atoms with Gasteiger partial charge in [-0.15, -0.1) is 0 Å². The number of benzene rings is 2. The molecule has 0 saturated carbocycles. The fourth-order valence-corrected chi connectivity index (χ4v) is 3.68. The fraction of sp³-hybridized carbons (Fsp3) is 0.208. The first-order valence-corrected chi connectivity index (χ1v) is 9.80. The van der Waals surface area contributed by atoms with E-state index in [9.17, 15) is 4.79 Å². The summed E-state index contributed by atoms with van der Waals surface area (Å²) in [7, 11) is 1.65. The molecule has 0 aliphatic heterocycles. The van der Waals surface area contributed by atoms with E-state index in [2.05, 4.69) is 15.4 Å². The summed E-state index contributed by atoms with van der Waals surface area (Å²) in [4.78, 5) is 17.2. The minimum Gasteiger partial charge on any atom is -0.497 e. The SMILES string of the molecule is COc1ccc(-c2ccnc3c2c(C)nn3CC(=O)Nc2ccc(C)cc2C)cc1. The molecule has 0 bridgehead atoms. The maximum Gasteiger partial charge on any atom is 0.246 e. The summed E-state index contributed by atoms with van der Waals surface area (Å²) in [6.45, 7) is 6.05. The van der Waals surface area contributed by atoms with E-state index in [0.717, 1.165) is 44.8 Å². The normalized spacial score (nSPS) is 10.9. The second kappa shape index (κ2) is 7.99. The molecule has 0 spiro atoms. The lowest BCUT2D eigenvalue weighted by atomic mass is 10.0. The zero-order chi connectivity index (χ0) is 21.3. The van der Waals surface area contributed by atoms with Gasteiger partial charge >= 0.3 is 0 Å². The monoisotopic (exact) mass is 400 g/mol. The van der Waals surface area contributed by atoms with Gasteiger partial charge in [-0.2, -0.15) is 5.10 Å². The van der Waals surface area contributed by atoms with Crippen LogP contribution in [0.5, 0.6) is 5.75 Å². The third-order valence-corrected chi connectivity index (χ3v) is 5.16. The minimum atomic E-state index is -0.136. The topological polar surface area (TPSA) is 69.0 Å². The lowest BCUT2D eigenvalue weighted by molar-refractivity contribution is -0.116. The summed E-state index contributed by atoms with van der Waals surface area (Å²) >= 11 is 0. The molecule has 4 rings (SSSR count). The number of hydrogen-bond donors (Lipinski definition) is 1.